The summed E-state index contributed by atoms with van der Waals surface area (Å²) < 4.78 is 0. The van der Waals surface area contributed by atoms with Crippen LogP contribution in [0.25, 0.3) is 0 Å². The standard InChI is InChI=1S/C13H27N/c1-4-11(3)10-13(14)9-7-6-8-12(13)5-2/h11-12H,4-10,14H2,1-3H3. The van der Waals surface area contributed by atoms with Crippen LogP contribution in [0.1, 0.15) is 65.7 Å². The Kier molecular flexibility index (Phi) is 4.43. The minimum Gasteiger partial charge on any atom is -0.325 e. The number of hydrogen-bond donors (Lipinski definition) is 1. The van der Waals surface area contributed by atoms with Gasteiger partial charge in [-0.1, -0.05) is 46.5 Å². The summed E-state index contributed by atoms with van der Waals surface area (Å²) in [6, 6.07) is 0. The fourth-order valence-electron chi connectivity index (χ4n) is 3.01. The second-order valence-electron chi connectivity index (χ2n) is 5.30. The van der Waals surface area contributed by atoms with Gasteiger partial charge in [0.2, 0.25) is 0 Å². The first kappa shape index (κ1) is 12.0. The van der Waals surface area contributed by atoms with Crippen LogP contribution in [-0.4, -0.2) is 5.54 Å². The van der Waals surface area contributed by atoms with Crippen molar-refractivity contribution >= 4 is 0 Å². The molecule has 84 valence electrons. The van der Waals surface area contributed by atoms with Crippen LogP contribution in [0.3, 0.4) is 0 Å². The molecule has 2 N–H and O–H groups in total. The van der Waals surface area contributed by atoms with Crippen LogP contribution in [0.4, 0.5) is 0 Å². The van der Waals surface area contributed by atoms with Gasteiger partial charge in [-0.25, -0.2) is 0 Å². The predicted molar refractivity (Wildman–Crippen MR) is 63.2 cm³/mol. The van der Waals surface area contributed by atoms with Crippen molar-refractivity contribution in [2.75, 3.05) is 0 Å². The molecule has 0 heterocycles. The van der Waals surface area contributed by atoms with E-state index in [1.54, 1.807) is 0 Å². The Morgan fingerprint density at radius 1 is 1.36 bits per heavy atom. The lowest BCUT2D eigenvalue weighted by molar-refractivity contribution is 0.150. The van der Waals surface area contributed by atoms with E-state index in [0.29, 0.717) is 0 Å². The molecule has 0 bridgehead atoms. The lowest BCUT2D eigenvalue weighted by Gasteiger charge is -2.42. The Hall–Kier alpha value is -0.0400. The van der Waals surface area contributed by atoms with Crippen LogP contribution >= 0.6 is 0 Å². The summed E-state index contributed by atoms with van der Waals surface area (Å²) >= 11 is 0. The van der Waals surface area contributed by atoms with Crippen LogP contribution in [0, 0.1) is 11.8 Å². The minimum absolute atomic E-state index is 0.169. The average Bonchev–Trinajstić information content (AvgIpc) is 2.18. The molecule has 0 amide bonds. The van der Waals surface area contributed by atoms with E-state index >= 15 is 0 Å². The van der Waals surface area contributed by atoms with Gasteiger partial charge in [0.1, 0.15) is 0 Å². The van der Waals surface area contributed by atoms with E-state index < -0.39 is 0 Å². The lowest BCUT2D eigenvalue weighted by Crippen LogP contribution is -2.50. The molecule has 0 radical (unpaired) electrons. The zero-order chi connectivity index (χ0) is 10.6. The van der Waals surface area contributed by atoms with Crippen LogP contribution < -0.4 is 5.73 Å². The number of rotatable bonds is 4. The molecular formula is C13H27N. The van der Waals surface area contributed by atoms with E-state index in [2.05, 4.69) is 20.8 Å². The molecule has 0 aromatic rings. The van der Waals surface area contributed by atoms with Crippen molar-refractivity contribution in [2.45, 2.75) is 71.3 Å². The van der Waals surface area contributed by atoms with Crippen LogP contribution in [0.5, 0.6) is 0 Å². The van der Waals surface area contributed by atoms with Crippen LogP contribution in [0.15, 0.2) is 0 Å². The van der Waals surface area contributed by atoms with Gasteiger partial charge in [0.15, 0.2) is 0 Å². The predicted octanol–water partition coefficient (Wildman–Crippen LogP) is 3.72. The van der Waals surface area contributed by atoms with Crippen molar-refractivity contribution < 1.29 is 0 Å². The third-order valence-corrected chi connectivity index (χ3v) is 4.18. The summed E-state index contributed by atoms with van der Waals surface area (Å²) in [6.07, 6.45) is 9.16. The molecule has 1 saturated carbocycles. The largest absolute Gasteiger partial charge is 0.325 e. The van der Waals surface area contributed by atoms with Crippen molar-refractivity contribution in [3.8, 4) is 0 Å². The monoisotopic (exact) mass is 197 g/mol. The molecule has 0 aromatic heterocycles. The highest BCUT2D eigenvalue weighted by Crippen LogP contribution is 2.38. The first-order valence-corrected chi connectivity index (χ1v) is 6.41. The normalized spacial score (nSPS) is 35.6. The van der Waals surface area contributed by atoms with Crippen molar-refractivity contribution in [3.05, 3.63) is 0 Å². The molecule has 0 spiro atoms. The minimum atomic E-state index is 0.169. The van der Waals surface area contributed by atoms with Gasteiger partial charge in [-0.05, 0) is 31.1 Å². The van der Waals surface area contributed by atoms with E-state index in [1.807, 2.05) is 0 Å². The number of hydrogen-bond acceptors (Lipinski definition) is 1. The first-order valence-electron chi connectivity index (χ1n) is 6.41. The van der Waals surface area contributed by atoms with E-state index in [4.69, 9.17) is 5.73 Å². The van der Waals surface area contributed by atoms with E-state index in [0.717, 1.165) is 11.8 Å². The van der Waals surface area contributed by atoms with Crippen molar-refractivity contribution in [1.29, 1.82) is 0 Å². The van der Waals surface area contributed by atoms with Crippen molar-refractivity contribution in [1.82, 2.24) is 0 Å². The van der Waals surface area contributed by atoms with Crippen molar-refractivity contribution in [2.24, 2.45) is 17.6 Å². The number of nitrogens with two attached hydrogens (primary N) is 1. The molecule has 14 heavy (non-hydrogen) atoms. The summed E-state index contributed by atoms with van der Waals surface area (Å²) in [4.78, 5) is 0. The van der Waals surface area contributed by atoms with Gasteiger partial charge in [-0.2, -0.15) is 0 Å². The zero-order valence-corrected chi connectivity index (χ0v) is 10.2. The third-order valence-electron chi connectivity index (χ3n) is 4.18. The summed E-state index contributed by atoms with van der Waals surface area (Å²) in [7, 11) is 0. The molecule has 3 unspecified atom stereocenters. The van der Waals surface area contributed by atoms with Crippen LogP contribution in [0.2, 0.25) is 0 Å². The summed E-state index contributed by atoms with van der Waals surface area (Å²) in [6.45, 7) is 6.92. The van der Waals surface area contributed by atoms with Gasteiger partial charge in [0.25, 0.3) is 0 Å². The highest BCUT2D eigenvalue weighted by Gasteiger charge is 2.36. The van der Waals surface area contributed by atoms with E-state index in [9.17, 15) is 0 Å². The van der Waals surface area contributed by atoms with Gasteiger partial charge in [-0.15, -0.1) is 0 Å². The summed E-state index contributed by atoms with van der Waals surface area (Å²) in [5.74, 6) is 1.58. The zero-order valence-electron chi connectivity index (χ0n) is 10.2. The van der Waals surface area contributed by atoms with Gasteiger partial charge >= 0.3 is 0 Å². The Bertz CT molecular complexity index is 167. The Morgan fingerprint density at radius 3 is 2.64 bits per heavy atom. The highest BCUT2D eigenvalue weighted by molar-refractivity contribution is 4.94. The SMILES string of the molecule is CCC(C)CC1(N)CCCCC1CC. The van der Waals surface area contributed by atoms with Gasteiger partial charge in [-0.3, -0.25) is 0 Å². The summed E-state index contributed by atoms with van der Waals surface area (Å²) in [5, 5.41) is 0. The molecular weight excluding hydrogens is 170 g/mol. The fourth-order valence-corrected chi connectivity index (χ4v) is 3.01. The maximum absolute atomic E-state index is 6.59. The molecule has 1 aliphatic carbocycles. The molecule has 1 heteroatoms. The lowest BCUT2D eigenvalue weighted by atomic mass is 9.68. The Labute approximate surface area is 89.5 Å². The van der Waals surface area contributed by atoms with Gasteiger partial charge in [0, 0.05) is 5.54 Å². The maximum atomic E-state index is 6.59. The molecule has 0 aliphatic heterocycles. The Morgan fingerprint density at radius 2 is 2.07 bits per heavy atom. The fraction of sp³-hybridized carbons (Fsp3) is 1.00. The Balaban J connectivity index is 2.57. The molecule has 1 nitrogen and oxygen atoms in total. The second kappa shape index (κ2) is 5.16. The highest BCUT2D eigenvalue weighted by atomic mass is 14.8. The average molecular weight is 197 g/mol. The summed E-state index contributed by atoms with van der Waals surface area (Å²) in [5.41, 5.74) is 6.76. The third kappa shape index (κ3) is 2.73. The topological polar surface area (TPSA) is 26.0 Å². The molecule has 0 aromatic carbocycles. The van der Waals surface area contributed by atoms with Gasteiger partial charge < -0.3 is 5.73 Å². The van der Waals surface area contributed by atoms with E-state index in [-0.39, 0.29) is 5.54 Å². The molecule has 3 atom stereocenters. The van der Waals surface area contributed by atoms with Crippen molar-refractivity contribution in [3.63, 3.8) is 0 Å². The molecule has 1 fully saturated rings. The quantitative estimate of drug-likeness (QED) is 0.730. The van der Waals surface area contributed by atoms with Gasteiger partial charge in [0.05, 0.1) is 0 Å². The maximum Gasteiger partial charge on any atom is 0.0185 e. The first-order chi connectivity index (χ1) is 6.62. The molecule has 1 aliphatic rings. The molecule has 1 rings (SSSR count). The van der Waals surface area contributed by atoms with E-state index in [1.165, 1.54) is 44.9 Å². The second-order valence-corrected chi connectivity index (χ2v) is 5.30. The van der Waals surface area contributed by atoms with Crippen LogP contribution in [-0.2, 0) is 0 Å². The molecule has 0 saturated heterocycles. The smallest absolute Gasteiger partial charge is 0.0185 e.